The number of nitrogens with one attached hydrogen (secondary N) is 1. The molecule has 7 heteroatoms. The number of Topliss-reactive ketones (excluding diaryl/α,β-unsaturated/α-hetero) is 1. The van der Waals surface area contributed by atoms with Crippen LogP contribution in [-0.2, 0) is 9.59 Å². The number of para-hydroxylation sites is 1. The molecular formula is C17H22N2O5. The molecule has 0 bridgehead atoms. The summed E-state index contributed by atoms with van der Waals surface area (Å²) in [5.41, 5.74) is 0.719. The van der Waals surface area contributed by atoms with E-state index in [9.17, 15) is 14.7 Å². The Morgan fingerprint density at radius 1 is 1.33 bits per heavy atom. The van der Waals surface area contributed by atoms with E-state index in [1.165, 1.54) is 18.9 Å². The van der Waals surface area contributed by atoms with Crippen LogP contribution in [0.5, 0.6) is 5.75 Å². The Hall–Kier alpha value is -2.38. The third-order valence-electron chi connectivity index (χ3n) is 3.93. The third kappa shape index (κ3) is 3.42. The van der Waals surface area contributed by atoms with Crippen molar-refractivity contribution in [2.75, 3.05) is 33.4 Å². The molecule has 0 saturated heterocycles. The molecule has 1 aromatic carbocycles. The van der Waals surface area contributed by atoms with Crippen molar-refractivity contribution in [1.29, 1.82) is 0 Å². The molecule has 1 amide bonds. The Kier molecular flexibility index (Phi) is 5.94. The van der Waals surface area contributed by atoms with Crippen molar-refractivity contribution in [2.24, 2.45) is 0 Å². The van der Waals surface area contributed by atoms with E-state index >= 15 is 0 Å². The lowest BCUT2D eigenvalue weighted by atomic mass is 9.96. The van der Waals surface area contributed by atoms with Gasteiger partial charge in [0.1, 0.15) is 5.75 Å². The van der Waals surface area contributed by atoms with Gasteiger partial charge in [0.2, 0.25) is 0 Å². The van der Waals surface area contributed by atoms with Crippen LogP contribution in [0.25, 0.3) is 0 Å². The Morgan fingerprint density at radius 3 is 2.67 bits per heavy atom. The lowest BCUT2D eigenvalue weighted by molar-refractivity contribution is -0.129. The van der Waals surface area contributed by atoms with Gasteiger partial charge in [-0.25, -0.2) is 0 Å². The molecule has 0 spiro atoms. The van der Waals surface area contributed by atoms with Crippen LogP contribution in [0.2, 0.25) is 0 Å². The normalized spacial score (nSPS) is 17.5. The molecule has 0 saturated carbocycles. The average molecular weight is 334 g/mol. The van der Waals surface area contributed by atoms with E-state index in [-0.39, 0.29) is 24.5 Å². The number of amides is 1. The van der Waals surface area contributed by atoms with Gasteiger partial charge in [-0.15, -0.1) is 0 Å². The van der Waals surface area contributed by atoms with Crippen LogP contribution in [0.15, 0.2) is 35.6 Å². The first-order valence-corrected chi connectivity index (χ1v) is 7.72. The van der Waals surface area contributed by atoms with Crippen LogP contribution >= 0.6 is 0 Å². The van der Waals surface area contributed by atoms with Crippen LogP contribution in [0, 0.1) is 0 Å². The number of rotatable bonds is 8. The van der Waals surface area contributed by atoms with Gasteiger partial charge in [-0.3, -0.25) is 9.59 Å². The number of nitrogens with zero attached hydrogens (tertiary/aromatic N) is 1. The fourth-order valence-corrected chi connectivity index (χ4v) is 2.86. The molecule has 0 aromatic heterocycles. The van der Waals surface area contributed by atoms with Crippen LogP contribution in [0.1, 0.15) is 18.5 Å². The predicted octanol–water partition coefficient (Wildman–Crippen LogP) is 0.561. The second-order valence-corrected chi connectivity index (χ2v) is 5.44. The highest BCUT2D eigenvalue weighted by molar-refractivity contribution is 6.08. The molecule has 0 fully saturated rings. The van der Waals surface area contributed by atoms with Crippen LogP contribution in [-0.4, -0.2) is 60.2 Å². The number of benzene rings is 1. The molecule has 1 aromatic rings. The summed E-state index contributed by atoms with van der Waals surface area (Å²) in [6.45, 7) is 2.43. The van der Waals surface area contributed by atoms with Crippen molar-refractivity contribution in [3.05, 3.63) is 41.2 Å². The van der Waals surface area contributed by atoms with Crippen LogP contribution < -0.4 is 10.1 Å². The molecule has 0 unspecified atom stereocenters. The zero-order valence-electron chi connectivity index (χ0n) is 13.8. The van der Waals surface area contributed by atoms with E-state index in [2.05, 4.69) is 5.32 Å². The Balaban J connectivity index is 2.39. The van der Waals surface area contributed by atoms with Crippen molar-refractivity contribution in [1.82, 2.24) is 10.2 Å². The van der Waals surface area contributed by atoms with Gasteiger partial charge in [-0.05, 0) is 13.0 Å². The second kappa shape index (κ2) is 7.94. The summed E-state index contributed by atoms with van der Waals surface area (Å²) in [7, 11) is 1.51. The number of aliphatic hydroxyl groups is 2. The first-order valence-electron chi connectivity index (χ1n) is 7.72. The van der Waals surface area contributed by atoms with E-state index in [1.807, 2.05) is 0 Å². The maximum Gasteiger partial charge on any atom is 0.290 e. The lowest BCUT2D eigenvalue weighted by Gasteiger charge is -2.27. The van der Waals surface area contributed by atoms with E-state index in [0.717, 1.165) is 0 Å². The summed E-state index contributed by atoms with van der Waals surface area (Å²) in [6.07, 6.45) is 0. The smallest absolute Gasteiger partial charge is 0.290 e. The summed E-state index contributed by atoms with van der Waals surface area (Å²) in [6, 6.07) is 6.41. The molecule has 0 radical (unpaired) electrons. The summed E-state index contributed by atoms with van der Waals surface area (Å²) >= 11 is 0. The number of methoxy groups -OCH3 is 1. The van der Waals surface area contributed by atoms with Crippen molar-refractivity contribution >= 4 is 11.7 Å². The molecule has 1 aliphatic rings. The van der Waals surface area contributed by atoms with Crippen molar-refractivity contribution in [3.63, 3.8) is 0 Å². The van der Waals surface area contributed by atoms with E-state index in [4.69, 9.17) is 9.84 Å². The van der Waals surface area contributed by atoms with Crippen LogP contribution in [0.3, 0.4) is 0 Å². The molecule has 130 valence electrons. The Morgan fingerprint density at radius 2 is 2.04 bits per heavy atom. The number of ether oxygens (including phenoxy) is 1. The summed E-state index contributed by atoms with van der Waals surface area (Å²) < 4.78 is 5.35. The Labute approximate surface area is 140 Å². The average Bonchev–Trinajstić information content (AvgIpc) is 2.83. The highest BCUT2D eigenvalue weighted by Crippen LogP contribution is 2.40. The van der Waals surface area contributed by atoms with Crippen molar-refractivity contribution in [2.45, 2.75) is 13.0 Å². The number of carbonyl (C=O) groups excluding carboxylic acids is 2. The van der Waals surface area contributed by atoms with Crippen molar-refractivity contribution in [3.8, 4) is 5.75 Å². The van der Waals surface area contributed by atoms with E-state index in [1.54, 1.807) is 24.3 Å². The molecule has 24 heavy (non-hydrogen) atoms. The molecule has 2 rings (SSSR count). The summed E-state index contributed by atoms with van der Waals surface area (Å²) in [4.78, 5) is 25.9. The van der Waals surface area contributed by atoms with Crippen molar-refractivity contribution < 1.29 is 24.5 Å². The Bertz CT molecular complexity index is 656. The maximum atomic E-state index is 12.4. The number of hydrogen-bond acceptors (Lipinski definition) is 6. The lowest BCUT2D eigenvalue weighted by Crippen LogP contribution is -2.37. The number of ketones is 1. The highest BCUT2D eigenvalue weighted by atomic mass is 16.5. The number of aliphatic hydroxyl groups excluding tert-OH is 2. The molecule has 0 aliphatic carbocycles. The summed E-state index contributed by atoms with van der Waals surface area (Å²) in [5, 5.41) is 22.0. The molecule has 1 aliphatic heterocycles. The van der Waals surface area contributed by atoms with Gasteiger partial charge in [-0.2, -0.15) is 0 Å². The van der Waals surface area contributed by atoms with E-state index < -0.39 is 17.7 Å². The minimum atomic E-state index is -0.693. The first-order chi connectivity index (χ1) is 11.5. The summed E-state index contributed by atoms with van der Waals surface area (Å²) in [5.74, 6) is -0.915. The predicted molar refractivity (Wildman–Crippen MR) is 87.7 cm³/mol. The number of hydrogen-bond donors (Lipinski definition) is 3. The molecule has 7 nitrogen and oxygen atoms in total. The topological polar surface area (TPSA) is 99.1 Å². The fourth-order valence-electron chi connectivity index (χ4n) is 2.86. The van der Waals surface area contributed by atoms with Gasteiger partial charge in [0.05, 0.1) is 25.3 Å². The number of carbonyl (C=O) groups is 2. The largest absolute Gasteiger partial charge is 0.503 e. The minimum absolute atomic E-state index is 0.00786. The molecule has 1 heterocycles. The van der Waals surface area contributed by atoms with Gasteiger partial charge in [0, 0.05) is 25.2 Å². The standard InChI is InChI=1S/C17H22N2O5/c1-11(21)14-15(12-5-3-4-6-13(12)24-2)19(17(23)16(14)22)9-7-18-8-10-20/h3-6,15,18,20,22H,7-10H2,1-2H3/t15-/m1/s1. The van der Waals surface area contributed by atoms with Gasteiger partial charge in [0.15, 0.2) is 11.5 Å². The van der Waals surface area contributed by atoms with Crippen LogP contribution in [0.4, 0.5) is 0 Å². The molecule has 3 N–H and O–H groups in total. The van der Waals surface area contributed by atoms with Gasteiger partial charge in [0.25, 0.3) is 5.91 Å². The third-order valence-corrected chi connectivity index (χ3v) is 3.93. The zero-order valence-corrected chi connectivity index (χ0v) is 13.8. The second-order valence-electron chi connectivity index (χ2n) is 5.44. The maximum absolute atomic E-state index is 12.4. The van der Waals surface area contributed by atoms with E-state index in [0.29, 0.717) is 24.4 Å². The van der Waals surface area contributed by atoms with Gasteiger partial charge < -0.3 is 25.2 Å². The molecular weight excluding hydrogens is 312 g/mol. The first kappa shape index (κ1) is 18.0. The van der Waals surface area contributed by atoms with Gasteiger partial charge in [-0.1, -0.05) is 18.2 Å². The fraction of sp³-hybridized carbons (Fsp3) is 0.412. The minimum Gasteiger partial charge on any atom is -0.503 e. The highest BCUT2D eigenvalue weighted by Gasteiger charge is 2.43. The quantitative estimate of drug-likeness (QED) is 0.601. The molecule has 1 atom stereocenters. The van der Waals surface area contributed by atoms with Gasteiger partial charge >= 0.3 is 0 Å². The zero-order chi connectivity index (χ0) is 17.7. The SMILES string of the molecule is COc1ccccc1[C@@H]1C(C(C)=O)=C(O)C(=O)N1CCNCCO. The monoisotopic (exact) mass is 334 g/mol.